The highest BCUT2D eigenvalue weighted by Gasteiger charge is 2.22. The van der Waals surface area contributed by atoms with Crippen LogP contribution in [-0.4, -0.2) is 62.5 Å². The van der Waals surface area contributed by atoms with Gasteiger partial charge in [0.25, 0.3) is 0 Å². The van der Waals surface area contributed by atoms with Crippen molar-refractivity contribution in [2.45, 2.75) is 84.0 Å². The van der Waals surface area contributed by atoms with Crippen LogP contribution in [-0.2, 0) is 22.8 Å². The molecule has 8 heteroatoms. The van der Waals surface area contributed by atoms with Crippen LogP contribution in [0.5, 0.6) is 0 Å². The Bertz CT molecular complexity index is 490. The van der Waals surface area contributed by atoms with Crippen LogP contribution in [0.15, 0.2) is 0 Å². The molecule has 0 aliphatic rings. The number of hydrogen-bond donors (Lipinski definition) is 1. The summed E-state index contributed by atoms with van der Waals surface area (Å²) >= 11 is 0. The number of aldehydes is 1. The lowest BCUT2D eigenvalue weighted by Gasteiger charge is -2.23. The molecule has 0 heterocycles. The SMILES string of the molecule is CCCCCCCCCCCCCC(=O)[O+]=CCOP(=O)(O)OCC[N+](C)(C)C. The third-order valence-electron chi connectivity index (χ3n) is 4.52. The van der Waals surface area contributed by atoms with Gasteiger partial charge in [-0.15, -0.1) is 0 Å². The van der Waals surface area contributed by atoms with E-state index in [0.717, 1.165) is 25.5 Å². The van der Waals surface area contributed by atoms with Gasteiger partial charge in [-0.05, 0) is 6.42 Å². The molecule has 172 valence electrons. The third kappa shape index (κ3) is 21.9. The second-order valence-corrected chi connectivity index (χ2v) is 10.0. The van der Waals surface area contributed by atoms with Crippen LogP contribution >= 0.6 is 7.82 Å². The van der Waals surface area contributed by atoms with Crippen LogP contribution in [0, 0.1) is 0 Å². The molecule has 1 unspecified atom stereocenters. The van der Waals surface area contributed by atoms with Gasteiger partial charge in [-0.2, -0.15) is 0 Å². The lowest BCUT2D eigenvalue weighted by Crippen LogP contribution is -2.37. The van der Waals surface area contributed by atoms with Crippen LogP contribution in [0.2, 0.25) is 0 Å². The number of carbonyl (C=O) groups is 1. The summed E-state index contributed by atoms with van der Waals surface area (Å²) < 4.78 is 26.8. The molecule has 0 saturated heterocycles. The predicted octanol–water partition coefficient (Wildman–Crippen LogP) is 4.79. The Hall–Kier alpha value is -0.590. The minimum absolute atomic E-state index is 0.107. The molecule has 0 aromatic carbocycles. The first-order valence-electron chi connectivity index (χ1n) is 11.1. The van der Waals surface area contributed by atoms with Crippen LogP contribution < -0.4 is 0 Å². The van der Waals surface area contributed by atoms with Crippen molar-refractivity contribution in [3.8, 4) is 0 Å². The van der Waals surface area contributed by atoms with E-state index in [9.17, 15) is 14.3 Å². The Kier molecular flexibility index (Phi) is 16.8. The van der Waals surface area contributed by atoms with Crippen molar-refractivity contribution in [3.05, 3.63) is 0 Å². The highest BCUT2D eigenvalue weighted by molar-refractivity contribution is 7.47. The van der Waals surface area contributed by atoms with Crippen LogP contribution in [0.3, 0.4) is 0 Å². The lowest BCUT2D eigenvalue weighted by molar-refractivity contribution is -0.870. The number of likely N-dealkylation sites (N-methyl/N-ethyl adjacent to an activating group) is 1. The Morgan fingerprint density at radius 3 is 1.97 bits per heavy atom. The molecule has 0 aromatic rings. The Labute approximate surface area is 177 Å². The zero-order chi connectivity index (χ0) is 22.0. The summed E-state index contributed by atoms with van der Waals surface area (Å²) in [5.41, 5.74) is 0. The van der Waals surface area contributed by atoms with E-state index in [1.807, 2.05) is 21.1 Å². The Morgan fingerprint density at radius 1 is 0.931 bits per heavy atom. The van der Waals surface area contributed by atoms with Gasteiger partial charge in [0.05, 0.1) is 21.1 Å². The fourth-order valence-corrected chi connectivity index (χ4v) is 3.35. The number of phosphoric acid groups is 1. The second-order valence-electron chi connectivity index (χ2n) is 8.55. The van der Waals surface area contributed by atoms with E-state index in [4.69, 9.17) is 13.5 Å². The van der Waals surface area contributed by atoms with Gasteiger partial charge in [-0.1, -0.05) is 71.1 Å². The number of carbonyl (C=O) groups excluding carboxylic acids is 2. The zero-order valence-electron chi connectivity index (χ0n) is 19.1. The Morgan fingerprint density at radius 2 is 1.45 bits per heavy atom. The van der Waals surface area contributed by atoms with E-state index < -0.39 is 7.82 Å². The quantitative estimate of drug-likeness (QED) is 0.103. The second kappa shape index (κ2) is 17.1. The van der Waals surface area contributed by atoms with Crippen LogP contribution in [0.25, 0.3) is 0 Å². The molecule has 0 aromatic heterocycles. The van der Waals surface area contributed by atoms with E-state index >= 15 is 0 Å². The lowest BCUT2D eigenvalue weighted by atomic mass is 10.1. The fraction of sp³-hybridized carbons (Fsp3) is 0.905. The van der Waals surface area contributed by atoms with E-state index in [0.29, 0.717) is 17.4 Å². The van der Waals surface area contributed by atoms with Crippen molar-refractivity contribution in [1.82, 2.24) is 0 Å². The molecule has 0 spiro atoms. The monoisotopic (exact) mass is 437 g/mol. The van der Waals surface area contributed by atoms with E-state index in [-0.39, 0.29) is 19.2 Å². The van der Waals surface area contributed by atoms with Crippen LogP contribution in [0.4, 0.5) is 0 Å². The summed E-state index contributed by atoms with van der Waals surface area (Å²) in [6, 6.07) is 0. The van der Waals surface area contributed by atoms with Crippen molar-refractivity contribution in [1.29, 1.82) is 0 Å². The van der Waals surface area contributed by atoms with Crippen molar-refractivity contribution in [2.24, 2.45) is 0 Å². The molecule has 0 bridgehead atoms. The largest absolute Gasteiger partial charge is 0.579 e. The first-order chi connectivity index (χ1) is 13.7. The van der Waals surface area contributed by atoms with Crippen molar-refractivity contribution < 1.29 is 32.2 Å². The molecule has 7 nitrogen and oxygen atoms in total. The molecule has 0 rings (SSSR count). The van der Waals surface area contributed by atoms with Gasteiger partial charge in [0.15, 0.2) is 0 Å². The van der Waals surface area contributed by atoms with Gasteiger partial charge >= 0.3 is 13.8 Å². The predicted molar refractivity (Wildman–Crippen MR) is 117 cm³/mol. The maximum Gasteiger partial charge on any atom is 0.579 e. The molecular formula is C21H44NO6P+2. The van der Waals surface area contributed by atoms with Crippen LogP contribution in [0.1, 0.15) is 84.0 Å². The topological polar surface area (TPSA) is 84.1 Å². The molecule has 0 amide bonds. The molecular weight excluding hydrogens is 393 g/mol. The number of rotatable bonds is 19. The summed E-state index contributed by atoms with van der Waals surface area (Å²) in [7, 11) is 1.74. The van der Waals surface area contributed by atoms with E-state index in [1.165, 1.54) is 51.4 Å². The molecule has 1 N–H and O–H groups in total. The summed E-state index contributed by atoms with van der Waals surface area (Å²) in [6.45, 7) is 2.64. The summed E-state index contributed by atoms with van der Waals surface area (Å²) in [5.74, 6) is -0.344. The summed E-state index contributed by atoms with van der Waals surface area (Å²) in [6.07, 6.45) is 14.9. The molecule has 29 heavy (non-hydrogen) atoms. The zero-order valence-corrected chi connectivity index (χ0v) is 20.0. The first kappa shape index (κ1) is 28.4. The summed E-state index contributed by atoms with van der Waals surface area (Å²) in [4.78, 5) is 21.2. The van der Waals surface area contributed by atoms with Gasteiger partial charge in [0.1, 0.15) is 26.2 Å². The normalized spacial score (nSPS) is 14.4. The minimum Gasteiger partial charge on any atom is -0.329 e. The number of phosphoric ester groups is 1. The number of hydrogen-bond acceptors (Lipinski definition) is 4. The van der Waals surface area contributed by atoms with Gasteiger partial charge in [0.2, 0.25) is 6.29 Å². The van der Waals surface area contributed by atoms with Crippen molar-refractivity contribution in [3.63, 3.8) is 0 Å². The third-order valence-corrected chi connectivity index (χ3v) is 5.51. The van der Waals surface area contributed by atoms with E-state index in [2.05, 4.69) is 6.92 Å². The highest BCUT2D eigenvalue weighted by Crippen LogP contribution is 2.42. The maximum atomic E-state index is 11.7. The van der Waals surface area contributed by atoms with Crippen molar-refractivity contribution in [2.75, 3.05) is 40.9 Å². The average Bonchev–Trinajstić information content (AvgIpc) is 2.62. The minimum atomic E-state index is -4.12. The number of unbranched alkanes of at least 4 members (excludes halogenated alkanes) is 10. The van der Waals surface area contributed by atoms with Gasteiger partial charge < -0.3 is 9.38 Å². The molecule has 0 aliphatic carbocycles. The molecule has 0 fully saturated rings. The smallest absolute Gasteiger partial charge is 0.329 e. The molecule has 1 atom stereocenters. The van der Waals surface area contributed by atoms with Crippen molar-refractivity contribution >= 4 is 20.1 Å². The Balaban J connectivity index is 3.60. The average molecular weight is 438 g/mol. The fourth-order valence-electron chi connectivity index (χ4n) is 2.71. The van der Waals surface area contributed by atoms with E-state index in [1.54, 1.807) is 0 Å². The van der Waals surface area contributed by atoms with Gasteiger partial charge in [-0.25, -0.2) is 4.57 Å². The summed E-state index contributed by atoms with van der Waals surface area (Å²) in [5, 5.41) is 0. The molecule has 0 saturated carbocycles. The number of quaternary nitrogens is 1. The van der Waals surface area contributed by atoms with Gasteiger partial charge in [0, 0.05) is 4.79 Å². The standard InChI is InChI=1S/C21H43NO6P/c1-5-6-7-8-9-10-11-12-13-14-15-16-21(23)26-19-20-28-29(24,25)27-18-17-22(2,3)4/h19H,5-18,20H2,1-4H3/q+1/p+1. The molecule has 0 radical (unpaired) electrons. The first-order valence-corrected chi connectivity index (χ1v) is 12.6. The number of nitrogens with zero attached hydrogens (tertiary/aromatic N) is 1. The molecule has 0 aliphatic heterocycles. The maximum absolute atomic E-state index is 11.7. The highest BCUT2D eigenvalue weighted by atomic mass is 31.2. The van der Waals surface area contributed by atoms with Gasteiger partial charge in [-0.3, -0.25) is 13.5 Å².